The molecule has 4 rings (SSSR count). The van der Waals surface area contributed by atoms with Gasteiger partial charge in [0.2, 0.25) is 0 Å². The lowest BCUT2D eigenvalue weighted by molar-refractivity contribution is -0.0329. The Morgan fingerprint density at radius 2 is 2.09 bits per heavy atom. The Morgan fingerprint density at radius 3 is 2.81 bits per heavy atom. The van der Waals surface area contributed by atoms with Crippen molar-refractivity contribution in [3.05, 3.63) is 52.1 Å². The Bertz CT molecular complexity index is 1430. The van der Waals surface area contributed by atoms with E-state index in [0.29, 0.717) is 21.1 Å². The van der Waals surface area contributed by atoms with Crippen molar-refractivity contribution in [1.82, 2.24) is 9.38 Å². The second-order valence-electron chi connectivity index (χ2n) is 7.19. The average molecular weight is 558 g/mol. The van der Waals surface area contributed by atoms with Crippen LogP contribution in [0, 0.1) is 11.8 Å². The minimum absolute atomic E-state index is 0.0224. The number of anilines is 1. The molecule has 32 heavy (non-hydrogen) atoms. The normalized spacial score (nSPS) is 12.2. The SMILES string of the molecule is CP(C)(=O)c1ccc(NCC#Cc2cc3c(Br)cccn3c2SC(F)(F)F)c2ncsc12. The van der Waals surface area contributed by atoms with Crippen LogP contribution in [0.5, 0.6) is 0 Å². The maximum atomic E-state index is 13.1. The van der Waals surface area contributed by atoms with Gasteiger partial charge >= 0.3 is 5.51 Å². The van der Waals surface area contributed by atoms with Crippen LogP contribution >= 0.6 is 46.2 Å². The number of thioether (sulfide) groups is 1. The molecule has 0 aliphatic carbocycles. The molecular formula is C21H16BrF3N3OPS2. The monoisotopic (exact) mass is 557 g/mol. The predicted molar refractivity (Wildman–Crippen MR) is 131 cm³/mol. The summed E-state index contributed by atoms with van der Waals surface area (Å²) in [5, 5.41) is 3.98. The van der Waals surface area contributed by atoms with Crippen molar-refractivity contribution in [3.8, 4) is 11.8 Å². The van der Waals surface area contributed by atoms with E-state index in [9.17, 15) is 17.7 Å². The third kappa shape index (κ3) is 4.86. The molecule has 0 amide bonds. The molecule has 4 nitrogen and oxygen atoms in total. The first-order chi connectivity index (χ1) is 15.0. The molecular weight excluding hydrogens is 542 g/mol. The van der Waals surface area contributed by atoms with Crippen LogP contribution in [0.15, 0.2) is 51.5 Å². The van der Waals surface area contributed by atoms with E-state index in [0.717, 1.165) is 15.7 Å². The van der Waals surface area contributed by atoms with E-state index in [1.54, 1.807) is 43.2 Å². The highest BCUT2D eigenvalue weighted by atomic mass is 79.9. The maximum absolute atomic E-state index is 13.1. The van der Waals surface area contributed by atoms with Gasteiger partial charge in [0.25, 0.3) is 0 Å². The number of hydrogen-bond acceptors (Lipinski definition) is 5. The summed E-state index contributed by atoms with van der Waals surface area (Å²) in [4.78, 5) is 4.37. The largest absolute Gasteiger partial charge is 0.447 e. The fraction of sp³-hybridized carbons (Fsp3) is 0.190. The van der Waals surface area contributed by atoms with Gasteiger partial charge < -0.3 is 14.3 Å². The summed E-state index contributed by atoms with van der Waals surface area (Å²) in [5.74, 6) is 5.77. The van der Waals surface area contributed by atoms with E-state index in [1.807, 2.05) is 12.1 Å². The Morgan fingerprint density at radius 1 is 1.31 bits per heavy atom. The van der Waals surface area contributed by atoms with Gasteiger partial charge in [-0.15, -0.1) is 11.3 Å². The lowest BCUT2D eigenvalue weighted by Gasteiger charge is -2.10. The summed E-state index contributed by atoms with van der Waals surface area (Å²) in [5.41, 5.74) is -0.367. The number of fused-ring (bicyclic) bond motifs is 2. The molecule has 11 heteroatoms. The van der Waals surface area contributed by atoms with Crippen LogP contribution in [-0.2, 0) is 4.57 Å². The molecule has 3 heterocycles. The fourth-order valence-electron chi connectivity index (χ4n) is 3.22. The second-order valence-corrected chi connectivity index (χ2v) is 13.1. The zero-order chi connectivity index (χ0) is 23.1. The maximum Gasteiger partial charge on any atom is 0.447 e. The van der Waals surface area contributed by atoms with Gasteiger partial charge in [0.15, 0.2) is 0 Å². The molecule has 0 bridgehead atoms. The molecule has 4 aromatic rings. The number of hydrogen-bond donors (Lipinski definition) is 1. The summed E-state index contributed by atoms with van der Waals surface area (Å²) in [6, 6.07) is 8.72. The van der Waals surface area contributed by atoms with Crippen LogP contribution in [0.1, 0.15) is 5.56 Å². The molecule has 166 valence electrons. The molecule has 0 radical (unpaired) electrons. The van der Waals surface area contributed by atoms with E-state index < -0.39 is 12.7 Å². The number of pyridine rings is 1. The molecule has 0 atom stereocenters. The number of aromatic nitrogens is 2. The summed E-state index contributed by atoms with van der Waals surface area (Å²) in [6.07, 6.45) is 1.58. The van der Waals surface area contributed by atoms with Crippen molar-refractivity contribution < 1.29 is 17.7 Å². The summed E-state index contributed by atoms with van der Waals surface area (Å²) < 4.78 is 54.9. The Balaban J connectivity index is 1.62. The molecule has 0 unspecified atom stereocenters. The van der Waals surface area contributed by atoms with Gasteiger partial charge in [0.1, 0.15) is 17.7 Å². The second kappa shape index (κ2) is 8.79. The van der Waals surface area contributed by atoms with Crippen LogP contribution in [0.25, 0.3) is 15.7 Å². The number of rotatable bonds is 4. The van der Waals surface area contributed by atoms with Crippen molar-refractivity contribution in [2.45, 2.75) is 10.5 Å². The minimum Gasteiger partial charge on any atom is -0.372 e. The van der Waals surface area contributed by atoms with Crippen molar-refractivity contribution in [3.63, 3.8) is 0 Å². The van der Waals surface area contributed by atoms with E-state index in [1.165, 1.54) is 15.7 Å². The van der Waals surface area contributed by atoms with Gasteiger partial charge in [-0.3, -0.25) is 0 Å². The van der Waals surface area contributed by atoms with E-state index in [4.69, 9.17) is 0 Å². The topological polar surface area (TPSA) is 46.4 Å². The summed E-state index contributed by atoms with van der Waals surface area (Å²) >= 11 is 4.62. The highest BCUT2D eigenvalue weighted by Crippen LogP contribution is 2.41. The Kier molecular flexibility index (Phi) is 6.38. The van der Waals surface area contributed by atoms with Gasteiger partial charge in [-0.2, -0.15) is 13.2 Å². The number of thiazole rings is 1. The van der Waals surface area contributed by atoms with Gasteiger partial charge in [-0.05, 0) is 59.6 Å². The number of halogens is 4. The molecule has 0 fully saturated rings. The van der Waals surface area contributed by atoms with Gasteiger partial charge in [-0.1, -0.05) is 11.8 Å². The highest BCUT2D eigenvalue weighted by Gasteiger charge is 2.32. The summed E-state index contributed by atoms with van der Waals surface area (Å²) in [6.45, 7) is 3.65. The highest BCUT2D eigenvalue weighted by molar-refractivity contribution is 9.10. The number of nitrogens with zero attached hydrogens (tertiary/aromatic N) is 2. The Hall–Kier alpha value is -1.92. The third-order valence-electron chi connectivity index (χ3n) is 4.56. The zero-order valence-corrected chi connectivity index (χ0v) is 20.9. The van der Waals surface area contributed by atoms with E-state index >= 15 is 0 Å². The van der Waals surface area contributed by atoms with E-state index in [-0.39, 0.29) is 23.3 Å². The summed E-state index contributed by atoms with van der Waals surface area (Å²) in [7, 11) is -2.45. The minimum atomic E-state index is -4.43. The molecule has 0 aliphatic rings. The lowest BCUT2D eigenvalue weighted by atomic mass is 10.3. The van der Waals surface area contributed by atoms with Crippen LogP contribution < -0.4 is 10.6 Å². The van der Waals surface area contributed by atoms with Gasteiger partial charge in [0.05, 0.1) is 33.5 Å². The smallest absolute Gasteiger partial charge is 0.372 e. The first kappa shape index (κ1) is 23.2. The molecule has 0 saturated carbocycles. The standard InChI is InChI=1S/C21H16BrF3N3OPS2/c1-30(2,29)17-8-7-15(18-19(17)31-12-27-18)26-9-3-5-13-11-16-14(22)6-4-10-28(16)20(13)32-21(23,24)25/h4,6-8,10-12,26H,9H2,1-2H3. The first-order valence-corrected chi connectivity index (χ1v) is 14.3. The lowest BCUT2D eigenvalue weighted by Crippen LogP contribution is -2.06. The number of nitrogens with one attached hydrogen (secondary N) is 1. The van der Waals surface area contributed by atoms with Crippen molar-refractivity contribution in [1.29, 1.82) is 0 Å². The molecule has 3 aromatic heterocycles. The van der Waals surface area contributed by atoms with Crippen LogP contribution in [0.3, 0.4) is 0 Å². The fourth-order valence-corrected chi connectivity index (χ4v) is 6.95. The predicted octanol–water partition coefficient (Wildman–Crippen LogP) is 6.64. The first-order valence-electron chi connectivity index (χ1n) is 9.24. The average Bonchev–Trinajstić information content (AvgIpc) is 3.30. The molecule has 0 spiro atoms. The van der Waals surface area contributed by atoms with Crippen LogP contribution in [-0.4, -0.2) is 34.8 Å². The van der Waals surface area contributed by atoms with Crippen molar-refractivity contribution in [2.24, 2.45) is 0 Å². The zero-order valence-electron chi connectivity index (χ0n) is 16.8. The molecule has 1 aromatic carbocycles. The van der Waals surface area contributed by atoms with Gasteiger partial charge in [0, 0.05) is 27.7 Å². The third-order valence-corrected chi connectivity index (χ3v) is 8.61. The molecule has 0 saturated heterocycles. The van der Waals surface area contributed by atoms with Crippen molar-refractivity contribution in [2.75, 3.05) is 25.2 Å². The van der Waals surface area contributed by atoms with Crippen LogP contribution in [0.2, 0.25) is 0 Å². The molecule has 1 N–H and O–H groups in total. The van der Waals surface area contributed by atoms with Gasteiger partial charge in [-0.25, -0.2) is 4.98 Å². The molecule has 0 aliphatic heterocycles. The van der Waals surface area contributed by atoms with E-state index in [2.05, 4.69) is 38.1 Å². The van der Waals surface area contributed by atoms with Crippen molar-refractivity contribution >= 4 is 72.9 Å². The number of benzene rings is 1. The van der Waals surface area contributed by atoms with Crippen LogP contribution in [0.4, 0.5) is 18.9 Å². The Labute approximate surface area is 199 Å². The quantitative estimate of drug-likeness (QED) is 0.174. The number of alkyl halides is 3.